The zero-order chi connectivity index (χ0) is 15.0. The highest BCUT2D eigenvalue weighted by Gasteiger charge is 2.14. The summed E-state index contributed by atoms with van der Waals surface area (Å²) in [6, 6.07) is 18.0. The second-order valence-corrected chi connectivity index (χ2v) is 5.01. The summed E-state index contributed by atoms with van der Waals surface area (Å²) in [6.07, 6.45) is 1.71. The molecule has 1 aliphatic rings. The maximum Gasteiger partial charge on any atom is 0.245 e. The first-order valence-corrected chi connectivity index (χ1v) is 7.47. The van der Waals surface area contributed by atoms with Crippen molar-refractivity contribution in [2.75, 3.05) is 31.1 Å². The molecule has 1 aliphatic heterocycles. The van der Waals surface area contributed by atoms with Crippen molar-refractivity contribution in [3.05, 3.63) is 60.8 Å². The fourth-order valence-electron chi connectivity index (χ4n) is 2.30. The first kappa shape index (κ1) is 14.4. The molecule has 0 bridgehead atoms. The van der Waals surface area contributed by atoms with Crippen molar-refractivity contribution in [3.8, 4) is 11.3 Å². The summed E-state index contributed by atoms with van der Waals surface area (Å²) in [5, 5.41) is 11.6. The van der Waals surface area contributed by atoms with Gasteiger partial charge in [-0.05, 0) is 0 Å². The van der Waals surface area contributed by atoms with Crippen LogP contribution in [0.25, 0.3) is 11.3 Å². The minimum Gasteiger partial charge on any atom is -0.337 e. The summed E-state index contributed by atoms with van der Waals surface area (Å²) in [6.45, 7) is 3.73. The Kier molecular flexibility index (Phi) is 4.89. The minimum absolute atomic E-state index is 0.699. The Balaban J connectivity index is 1.94. The highest BCUT2D eigenvalue weighted by molar-refractivity contribution is 5.58. The number of aromatic nitrogens is 3. The number of nitrogens with one attached hydrogen (secondary N) is 1. The third-order valence-electron chi connectivity index (χ3n) is 3.46. The first-order chi connectivity index (χ1) is 10.9. The van der Waals surface area contributed by atoms with E-state index in [1.807, 2.05) is 54.6 Å². The number of nitrogens with zero attached hydrogens (tertiary/aromatic N) is 4. The van der Waals surface area contributed by atoms with Gasteiger partial charge in [0.05, 0.1) is 11.9 Å². The van der Waals surface area contributed by atoms with Crippen LogP contribution in [0.15, 0.2) is 60.8 Å². The summed E-state index contributed by atoms with van der Waals surface area (Å²) in [7, 11) is 0. The molecular formula is C17H19N5. The molecule has 0 aliphatic carbocycles. The lowest BCUT2D eigenvalue weighted by atomic mass is 10.2. The van der Waals surface area contributed by atoms with Crippen LogP contribution < -0.4 is 10.2 Å². The fourth-order valence-corrected chi connectivity index (χ4v) is 2.30. The Hall–Kier alpha value is -2.53. The molecule has 112 valence electrons. The predicted octanol–water partition coefficient (Wildman–Crippen LogP) is 2.07. The maximum absolute atomic E-state index is 4.68. The lowest BCUT2D eigenvalue weighted by molar-refractivity contribution is 0.577. The van der Waals surface area contributed by atoms with Crippen molar-refractivity contribution in [1.29, 1.82) is 0 Å². The predicted molar refractivity (Wildman–Crippen MR) is 88.0 cm³/mol. The number of hydrogen-bond acceptors (Lipinski definition) is 5. The van der Waals surface area contributed by atoms with Gasteiger partial charge in [-0.1, -0.05) is 54.6 Å². The molecule has 0 saturated carbocycles. The monoisotopic (exact) mass is 293 g/mol. The van der Waals surface area contributed by atoms with E-state index in [1.165, 1.54) is 0 Å². The van der Waals surface area contributed by atoms with Gasteiger partial charge in [-0.2, -0.15) is 5.10 Å². The van der Waals surface area contributed by atoms with E-state index in [9.17, 15) is 0 Å². The van der Waals surface area contributed by atoms with Crippen LogP contribution >= 0.6 is 0 Å². The van der Waals surface area contributed by atoms with Crippen molar-refractivity contribution in [1.82, 2.24) is 20.5 Å². The van der Waals surface area contributed by atoms with E-state index in [0.29, 0.717) is 5.95 Å². The van der Waals surface area contributed by atoms with Crippen molar-refractivity contribution in [2.45, 2.75) is 0 Å². The van der Waals surface area contributed by atoms with Crippen molar-refractivity contribution < 1.29 is 0 Å². The third-order valence-corrected chi connectivity index (χ3v) is 3.46. The van der Waals surface area contributed by atoms with E-state index in [0.717, 1.165) is 37.4 Å². The van der Waals surface area contributed by atoms with E-state index >= 15 is 0 Å². The minimum atomic E-state index is 0.699. The van der Waals surface area contributed by atoms with Crippen LogP contribution in [0.5, 0.6) is 0 Å². The Bertz CT molecular complexity index is 642. The molecule has 3 rings (SSSR count). The molecular weight excluding hydrogens is 274 g/mol. The van der Waals surface area contributed by atoms with E-state index in [-0.39, 0.29) is 0 Å². The third kappa shape index (κ3) is 3.77. The molecule has 5 heteroatoms. The molecule has 1 N–H and O–H groups in total. The van der Waals surface area contributed by atoms with Crippen molar-refractivity contribution in [3.63, 3.8) is 0 Å². The Morgan fingerprint density at radius 3 is 2.18 bits per heavy atom. The molecule has 1 aromatic heterocycles. The van der Waals surface area contributed by atoms with Gasteiger partial charge in [-0.25, -0.2) is 4.98 Å². The number of hydrogen-bond donors (Lipinski definition) is 1. The zero-order valence-electron chi connectivity index (χ0n) is 12.4. The van der Waals surface area contributed by atoms with Gasteiger partial charge in [-0.15, -0.1) is 5.10 Å². The van der Waals surface area contributed by atoms with Gasteiger partial charge in [0.15, 0.2) is 0 Å². The van der Waals surface area contributed by atoms with Crippen molar-refractivity contribution in [2.24, 2.45) is 0 Å². The summed E-state index contributed by atoms with van der Waals surface area (Å²) < 4.78 is 0. The standard InChI is InChI=1S/C17H19N5/c1-2-4-6-8-15(9-7-5-3-1)16-14-19-21-17(20-16)22-12-10-18-11-13-22/h1-9,14,18H,10-13H2. The van der Waals surface area contributed by atoms with Crippen LogP contribution in [0.2, 0.25) is 0 Å². The Morgan fingerprint density at radius 1 is 0.864 bits per heavy atom. The summed E-state index contributed by atoms with van der Waals surface area (Å²) in [5.74, 6) is 0.699. The van der Waals surface area contributed by atoms with Crippen LogP contribution in [-0.2, 0) is 0 Å². The quantitative estimate of drug-likeness (QED) is 0.918. The number of anilines is 1. The van der Waals surface area contributed by atoms with Gasteiger partial charge in [0.25, 0.3) is 0 Å². The second-order valence-electron chi connectivity index (χ2n) is 5.01. The Labute approximate surface area is 130 Å². The smallest absolute Gasteiger partial charge is 0.245 e. The van der Waals surface area contributed by atoms with Crippen LogP contribution in [0.3, 0.4) is 0 Å². The highest BCUT2D eigenvalue weighted by Crippen LogP contribution is 2.16. The number of piperazine rings is 1. The summed E-state index contributed by atoms with van der Waals surface area (Å²) >= 11 is 0. The summed E-state index contributed by atoms with van der Waals surface area (Å²) in [5.41, 5.74) is 1.85. The zero-order valence-corrected chi connectivity index (χ0v) is 12.4. The first-order valence-electron chi connectivity index (χ1n) is 7.47. The lowest BCUT2D eigenvalue weighted by Gasteiger charge is -2.26. The molecule has 5 nitrogen and oxygen atoms in total. The molecule has 2 heterocycles. The SMILES string of the molecule is c1ccccc(-c2cnnc(N3CCNCC3)n2)cccc1. The molecule has 2 aromatic rings. The average molecular weight is 293 g/mol. The van der Waals surface area contributed by atoms with Crippen LogP contribution in [-0.4, -0.2) is 41.4 Å². The van der Waals surface area contributed by atoms with E-state index < -0.39 is 0 Å². The van der Waals surface area contributed by atoms with Crippen molar-refractivity contribution >= 4 is 5.95 Å². The van der Waals surface area contributed by atoms with Gasteiger partial charge < -0.3 is 10.2 Å². The molecule has 0 amide bonds. The van der Waals surface area contributed by atoms with Gasteiger partial charge in [0.2, 0.25) is 5.95 Å². The molecule has 0 unspecified atom stereocenters. The molecule has 22 heavy (non-hydrogen) atoms. The van der Waals surface area contributed by atoms with Crippen LogP contribution in [0, 0.1) is 0 Å². The van der Waals surface area contributed by atoms with Crippen LogP contribution in [0.4, 0.5) is 5.95 Å². The van der Waals surface area contributed by atoms with Gasteiger partial charge >= 0.3 is 0 Å². The van der Waals surface area contributed by atoms with E-state index in [2.05, 4.69) is 25.4 Å². The molecule has 1 aromatic carbocycles. The molecule has 0 radical (unpaired) electrons. The molecule has 0 atom stereocenters. The molecule has 0 spiro atoms. The highest BCUT2D eigenvalue weighted by atomic mass is 15.3. The number of rotatable bonds is 2. The van der Waals surface area contributed by atoms with Crippen LogP contribution in [0.1, 0.15) is 0 Å². The van der Waals surface area contributed by atoms with E-state index in [4.69, 9.17) is 0 Å². The van der Waals surface area contributed by atoms with Gasteiger partial charge in [0, 0.05) is 31.7 Å². The Morgan fingerprint density at radius 2 is 1.50 bits per heavy atom. The average Bonchev–Trinajstić information content (AvgIpc) is 2.60. The topological polar surface area (TPSA) is 53.9 Å². The molecule has 1 fully saturated rings. The van der Waals surface area contributed by atoms with E-state index in [1.54, 1.807) is 6.20 Å². The fraction of sp³-hybridized carbons (Fsp3) is 0.235. The second kappa shape index (κ2) is 7.47. The van der Waals surface area contributed by atoms with Gasteiger partial charge in [0.1, 0.15) is 0 Å². The maximum atomic E-state index is 4.68. The summed E-state index contributed by atoms with van der Waals surface area (Å²) in [4.78, 5) is 6.84. The van der Waals surface area contributed by atoms with Gasteiger partial charge in [-0.3, -0.25) is 0 Å². The normalized spacial score (nSPS) is 14.3. The lowest BCUT2D eigenvalue weighted by Crippen LogP contribution is -2.44. The molecule has 1 saturated heterocycles. The largest absolute Gasteiger partial charge is 0.337 e.